The molecule has 0 bridgehead atoms. The van der Waals surface area contributed by atoms with Gasteiger partial charge in [-0.3, -0.25) is 14.9 Å². The van der Waals surface area contributed by atoms with Gasteiger partial charge in [-0.25, -0.2) is 8.42 Å². The molecule has 1 heterocycles. The Kier molecular flexibility index (Phi) is 5.69. The van der Waals surface area contributed by atoms with Gasteiger partial charge in [-0.2, -0.15) is 4.31 Å². The van der Waals surface area contributed by atoms with Gasteiger partial charge in [-0.15, -0.1) is 0 Å². The Morgan fingerprint density at radius 1 is 1.11 bits per heavy atom. The highest BCUT2D eigenvalue weighted by atomic mass is 35.5. The van der Waals surface area contributed by atoms with Crippen molar-refractivity contribution in [3.63, 3.8) is 0 Å². The number of piperazine rings is 1. The molecular weight excluding hydrogens is 406 g/mol. The lowest BCUT2D eigenvalue weighted by atomic mass is 10.1. The van der Waals surface area contributed by atoms with E-state index in [-0.39, 0.29) is 53.3 Å². The Bertz CT molecular complexity index is 1030. The van der Waals surface area contributed by atoms with Gasteiger partial charge in [0.1, 0.15) is 4.90 Å². The minimum absolute atomic E-state index is 0.0330. The third-order valence-electron chi connectivity index (χ3n) is 4.63. The van der Waals surface area contributed by atoms with Crippen molar-refractivity contribution in [3.05, 3.63) is 68.7 Å². The third kappa shape index (κ3) is 3.87. The average molecular weight is 424 g/mol. The highest BCUT2D eigenvalue weighted by Gasteiger charge is 2.32. The maximum atomic E-state index is 12.8. The van der Waals surface area contributed by atoms with Gasteiger partial charge in [0.25, 0.3) is 11.6 Å². The molecule has 148 valence electrons. The summed E-state index contributed by atoms with van der Waals surface area (Å²) >= 11 is 6.01. The first kappa shape index (κ1) is 20.2. The number of halogens is 1. The van der Waals surface area contributed by atoms with Gasteiger partial charge in [-0.1, -0.05) is 29.8 Å². The number of hydrogen-bond donors (Lipinski definition) is 0. The minimum atomic E-state index is -3.76. The summed E-state index contributed by atoms with van der Waals surface area (Å²) in [5.41, 5.74) is 0.558. The van der Waals surface area contributed by atoms with Crippen LogP contribution in [0.15, 0.2) is 47.4 Å². The SMILES string of the molecule is Cc1ccc(C(=O)N2CCN(S(=O)(=O)c3ccccc3Cl)CC2)cc1[N+](=O)[O-]. The average Bonchev–Trinajstić information content (AvgIpc) is 2.68. The number of nitro groups is 1. The van der Waals surface area contributed by atoms with Crippen molar-refractivity contribution in [1.82, 2.24) is 9.21 Å². The fourth-order valence-corrected chi connectivity index (χ4v) is 4.96. The van der Waals surface area contributed by atoms with Crippen molar-refractivity contribution in [2.45, 2.75) is 11.8 Å². The Balaban J connectivity index is 1.74. The first-order valence-electron chi connectivity index (χ1n) is 8.51. The zero-order valence-corrected chi connectivity index (χ0v) is 16.6. The first-order chi connectivity index (χ1) is 13.2. The predicted molar refractivity (Wildman–Crippen MR) is 104 cm³/mol. The second-order valence-corrected chi connectivity index (χ2v) is 8.70. The number of nitrogens with zero attached hydrogens (tertiary/aromatic N) is 3. The number of aryl methyl sites for hydroxylation is 1. The second-order valence-electron chi connectivity index (χ2n) is 6.39. The molecule has 2 aromatic rings. The van der Waals surface area contributed by atoms with E-state index in [1.54, 1.807) is 19.1 Å². The molecule has 0 unspecified atom stereocenters. The van der Waals surface area contributed by atoms with E-state index in [1.165, 1.54) is 39.5 Å². The van der Waals surface area contributed by atoms with Crippen LogP contribution in [0, 0.1) is 17.0 Å². The number of amides is 1. The van der Waals surface area contributed by atoms with Crippen molar-refractivity contribution < 1.29 is 18.1 Å². The molecule has 0 radical (unpaired) electrons. The van der Waals surface area contributed by atoms with Crippen LogP contribution in [-0.4, -0.2) is 54.6 Å². The standard InChI is InChI=1S/C18H18ClN3O5S/c1-13-6-7-14(12-16(13)22(24)25)18(23)20-8-10-21(11-9-20)28(26,27)17-5-3-2-4-15(17)19/h2-7,12H,8-11H2,1H3. The van der Waals surface area contributed by atoms with Crippen LogP contribution in [0.2, 0.25) is 5.02 Å². The maximum Gasteiger partial charge on any atom is 0.273 e. The summed E-state index contributed by atoms with van der Waals surface area (Å²) in [6.45, 7) is 2.21. The molecule has 1 amide bonds. The molecule has 1 aliphatic rings. The smallest absolute Gasteiger partial charge is 0.273 e. The highest BCUT2D eigenvalue weighted by molar-refractivity contribution is 7.89. The lowest BCUT2D eigenvalue weighted by Gasteiger charge is -2.34. The zero-order chi connectivity index (χ0) is 20.5. The Hall–Kier alpha value is -2.49. The van der Waals surface area contributed by atoms with Gasteiger partial charge in [0.2, 0.25) is 10.0 Å². The van der Waals surface area contributed by atoms with Crippen molar-refractivity contribution in [2.24, 2.45) is 0 Å². The van der Waals surface area contributed by atoms with Crippen molar-refractivity contribution in [2.75, 3.05) is 26.2 Å². The summed E-state index contributed by atoms with van der Waals surface area (Å²) in [7, 11) is -3.76. The molecule has 0 aliphatic carbocycles. The van der Waals surface area contributed by atoms with Crippen LogP contribution in [0.25, 0.3) is 0 Å². The number of nitro benzene ring substituents is 1. The van der Waals surface area contributed by atoms with Gasteiger partial charge in [0.05, 0.1) is 9.95 Å². The molecule has 0 saturated carbocycles. The van der Waals surface area contributed by atoms with E-state index < -0.39 is 14.9 Å². The summed E-state index contributed by atoms with van der Waals surface area (Å²) in [5.74, 6) is -0.363. The number of carbonyl (C=O) groups excluding carboxylic acids is 1. The normalized spacial score (nSPS) is 15.4. The molecule has 1 fully saturated rings. The van der Waals surface area contributed by atoms with Crippen molar-refractivity contribution in [3.8, 4) is 0 Å². The fraction of sp³-hybridized carbons (Fsp3) is 0.278. The molecule has 1 aliphatic heterocycles. The van der Waals surface area contributed by atoms with Crippen molar-refractivity contribution in [1.29, 1.82) is 0 Å². The molecule has 1 saturated heterocycles. The van der Waals surface area contributed by atoms with Crippen LogP contribution in [0.3, 0.4) is 0 Å². The largest absolute Gasteiger partial charge is 0.336 e. The van der Waals surface area contributed by atoms with Crippen molar-refractivity contribution >= 4 is 33.2 Å². The van der Waals surface area contributed by atoms with Crippen LogP contribution in [-0.2, 0) is 10.0 Å². The van der Waals surface area contributed by atoms with E-state index in [2.05, 4.69) is 0 Å². The molecular formula is C18H18ClN3O5S. The van der Waals surface area contributed by atoms with E-state index in [9.17, 15) is 23.3 Å². The fourth-order valence-electron chi connectivity index (χ4n) is 3.05. The summed E-state index contributed by atoms with van der Waals surface area (Å²) < 4.78 is 26.8. The quantitative estimate of drug-likeness (QED) is 0.555. The predicted octanol–water partition coefficient (Wildman–Crippen LogP) is 2.70. The molecule has 0 spiro atoms. The molecule has 28 heavy (non-hydrogen) atoms. The Labute approximate surface area is 167 Å². The number of benzene rings is 2. The van der Waals surface area contributed by atoms with Crippen LogP contribution < -0.4 is 0 Å². The van der Waals surface area contributed by atoms with Gasteiger partial charge in [-0.05, 0) is 25.1 Å². The molecule has 0 aromatic heterocycles. The first-order valence-corrected chi connectivity index (χ1v) is 10.3. The number of rotatable bonds is 4. The molecule has 2 aromatic carbocycles. The van der Waals surface area contributed by atoms with E-state index in [1.807, 2.05) is 0 Å². The topological polar surface area (TPSA) is 101 Å². The third-order valence-corrected chi connectivity index (χ3v) is 7.03. The lowest BCUT2D eigenvalue weighted by Crippen LogP contribution is -2.50. The lowest BCUT2D eigenvalue weighted by molar-refractivity contribution is -0.385. The summed E-state index contributed by atoms with van der Waals surface area (Å²) in [5, 5.41) is 11.2. The zero-order valence-electron chi connectivity index (χ0n) is 15.0. The van der Waals surface area contributed by atoms with Crippen LogP contribution in [0.4, 0.5) is 5.69 Å². The van der Waals surface area contributed by atoms with Crippen LogP contribution in [0.1, 0.15) is 15.9 Å². The molecule has 3 rings (SSSR count). The monoisotopic (exact) mass is 423 g/mol. The second kappa shape index (κ2) is 7.86. The van der Waals surface area contributed by atoms with E-state index in [4.69, 9.17) is 11.6 Å². The molecule has 0 N–H and O–H groups in total. The summed E-state index contributed by atoms with van der Waals surface area (Å²) in [6, 6.07) is 10.5. The maximum absolute atomic E-state index is 12.8. The van der Waals surface area contributed by atoms with E-state index in [0.29, 0.717) is 5.56 Å². The van der Waals surface area contributed by atoms with Crippen LogP contribution >= 0.6 is 11.6 Å². The van der Waals surface area contributed by atoms with Gasteiger partial charge >= 0.3 is 0 Å². The van der Waals surface area contributed by atoms with E-state index in [0.717, 1.165) is 0 Å². The summed E-state index contributed by atoms with van der Waals surface area (Å²) in [4.78, 5) is 24.8. The Morgan fingerprint density at radius 3 is 2.36 bits per heavy atom. The molecule has 0 atom stereocenters. The van der Waals surface area contributed by atoms with E-state index >= 15 is 0 Å². The minimum Gasteiger partial charge on any atom is -0.336 e. The molecule has 8 nitrogen and oxygen atoms in total. The number of carbonyl (C=O) groups is 1. The van der Waals surface area contributed by atoms with Gasteiger partial charge < -0.3 is 4.90 Å². The van der Waals surface area contributed by atoms with Gasteiger partial charge in [0.15, 0.2) is 0 Å². The highest BCUT2D eigenvalue weighted by Crippen LogP contribution is 2.26. The molecule has 10 heteroatoms. The van der Waals surface area contributed by atoms with Gasteiger partial charge in [0, 0.05) is 43.4 Å². The number of hydrogen-bond acceptors (Lipinski definition) is 5. The number of sulfonamides is 1. The van der Waals surface area contributed by atoms with Crippen LogP contribution in [0.5, 0.6) is 0 Å². The Morgan fingerprint density at radius 2 is 1.75 bits per heavy atom. The summed E-state index contributed by atoms with van der Waals surface area (Å²) in [6.07, 6.45) is 0.